The summed E-state index contributed by atoms with van der Waals surface area (Å²) in [5.74, 6) is -1.09. The standard InChI is InChI=1S/C23H35N3O6/c1-15(2)24-18(12-30-4)21(28)26-19(13-31-5)22(29)25-17(20(27)23(3)14-32-23)11-16-9-7-6-8-10-16/h6-10,15,17-19,24H,11-14H2,1-5H3,(H,25,29)(H,26,28)/t17-,18-,19-,23+/m0/s1. The summed E-state index contributed by atoms with van der Waals surface area (Å²) in [4.78, 5) is 38.8. The lowest BCUT2D eigenvalue weighted by atomic mass is 9.94. The quantitative estimate of drug-likeness (QED) is 0.348. The Labute approximate surface area is 189 Å². The maximum atomic E-state index is 13.1. The first-order valence-corrected chi connectivity index (χ1v) is 10.8. The van der Waals surface area contributed by atoms with Gasteiger partial charge in [-0.25, -0.2) is 0 Å². The molecule has 3 N–H and O–H groups in total. The molecule has 4 atom stereocenters. The number of ketones is 1. The summed E-state index contributed by atoms with van der Waals surface area (Å²) < 4.78 is 15.6. The Morgan fingerprint density at radius 3 is 2.03 bits per heavy atom. The SMILES string of the molecule is COC[C@H](NC(=O)[C@H](COC)NC(C)C)C(=O)N[C@@H](Cc1ccccc1)C(=O)[C@@]1(C)CO1. The van der Waals surface area contributed by atoms with Crippen molar-refractivity contribution >= 4 is 17.6 Å². The zero-order valence-corrected chi connectivity index (χ0v) is 19.5. The summed E-state index contributed by atoms with van der Waals surface area (Å²) in [5, 5.41) is 8.61. The van der Waals surface area contributed by atoms with Crippen LogP contribution in [0.5, 0.6) is 0 Å². The third-order valence-corrected chi connectivity index (χ3v) is 5.16. The Bertz CT molecular complexity index is 766. The molecule has 1 aliphatic rings. The van der Waals surface area contributed by atoms with Gasteiger partial charge in [-0.05, 0) is 18.9 Å². The van der Waals surface area contributed by atoms with Crippen LogP contribution in [0, 0.1) is 0 Å². The lowest BCUT2D eigenvalue weighted by Gasteiger charge is -2.26. The number of carbonyl (C=O) groups excluding carboxylic acids is 3. The van der Waals surface area contributed by atoms with Crippen LogP contribution in [0.3, 0.4) is 0 Å². The predicted octanol–water partition coefficient (Wildman–Crippen LogP) is 0.216. The van der Waals surface area contributed by atoms with E-state index in [1.165, 1.54) is 14.2 Å². The zero-order chi connectivity index (χ0) is 23.7. The number of carbonyl (C=O) groups is 3. The number of benzene rings is 1. The molecule has 9 heteroatoms. The highest BCUT2D eigenvalue weighted by Gasteiger charge is 2.50. The predicted molar refractivity (Wildman–Crippen MR) is 119 cm³/mol. The van der Waals surface area contributed by atoms with Crippen LogP contribution in [0.25, 0.3) is 0 Å². The van der Waals surface area contributed by atoms with Gasteiger partial charge in [0, 0.05) is 20.3 Å². The number of Topliss-reactive ketones (excluding diaryl/α,β-unsaturated/α-hetero) is 1. The van der Waals surface area contributed by atoms with E-state index in [1.807, 2.05) is 44.2 Å². The number of nitrogens with one attached hydrogen (secondary N) is 3. The molecule has 1 fully saturated rings. The molecule has 1 heterocycles. The van der Waals surface area contributed by atoms with Crippen molar-refractivity contribution in [1.29, 1.82) is 0 Å². The molecular formula is C23H35N3O6. The average Bonchev–Trinajstić information content (AvgIpc) is 3.51. The Morgan fingerprint density at radius 1 is 0.969 bits per heavy atom. The van der Waals surface area contributed by atoms with Gasteiger partial charge in [-0.15, -0.1) is 0 Å². The fourth-order valence-electron chi connectivity index (χ4n) is 3.34. The van der Waals surface area contributed by atoms with Crippen molar-refractivity contribution in [2.75, 3.05) is 34.0 Å². The number of epoxide rings is 1. The van der Waals surface area contributed by atoms with Crippen molar-refractivity contribution in [3.05, 3.63) is 35.9 Å². The lowest BCUT2D eigenvalue weighted by Crippen LogP contribution is -2.59. The minimum absolute atomic E-state index is 0.0427. The molecule has 2 amide bonds. The number of ether oxygens (including phenoxy) is 3. The smallest absolute Gasteiger partial charge is 0.245 e. The maximum Gasteiger partial charge on any atom is 0.245 e. The summed E-state index contributed by atoms with van der Waals surface area (Å²) in [6.07, 6.45) is 0.319. The van der Waals surface area contributed by atoms with Crippen LogP contribution in [0.4, 0.5) is 0 Å². The Morgan fingerprint density at radius 2 is 1.50 bits per heavy atom. The topological polar surface area (TPSA) is 118 Å². The van der Waals surface area contributed by atoms with Crippen LogP contribution >= 0.6 is 0 Å². The van der Waals surface area contributed by atoms with E-state index in [2.05, 4.69) is 16.0 Å². The third kappa shape index (κ3) is 7.67. The summed E-state index contributed by atoms with van der Waals surface area (Å²) in [5.41, 5.74) is 0.0151. The molecule has 1 aromatic rings. The highest BCUT2D eigenvalue weighted by atomic mass is 16.6. The van der Waals surface area contributed by atoms with E-state index in [1.54, 1.807) is 6.92 Å². The molecule has 0 unspecified atom stereocenters. The van der Waals surface area contributed by atoms with Gasteiger partial charge in [-0.3, -0.25) is 14.4 Å². The number of amides is 2. The number of methoxy groups -OCH3 is 2. The maximum absolute atomic E-state index is 13.1. The van der Waals surface area contributed by atoms with Gasteiger partial charge in [0.05, 0.1) is 25.9 Å². The number of hydrogen-bond acceptors (Lipinski definition) is 7. The van der Waals surface area contributed by atoms with E-state index < -0.39 is 29.6 Å². The third-order valence-electron chi connectivity index (χ3n) is 5.16. The van der Waals surface area contributed by atoms with E-state index in [0.29, 0.717) is 13.0 Å². The van der Waals surface area contributed by atoms with Crippen molar-refractivity contribution in [1.82, 2.24) is 16.0 Å². The Hall–Kier alpha value is -2.33. The first-order chi connectivity index (χ1) is 15.2. The van der Waals surface area contributed by atoms with Crippen molar-refractivity contribution in [2.24, 2.45) is 0 Å². The van der Waals surface area contributed by atoms with Gasteiger partial charge in [0.15, 0.2) is 5.78 Å². The summed E-state index contributed by atoms with van der Waals surface area (Å²) in [6, 6.07) is 7.07. The number of hydrogen-bond donors (Lipinski definition) is 3. The van der Waals surface area contributed by atoms with Crippen molar-refractivity contribution in [2.45, 2.75) is 57.0 Å². The highest BCUT2D eigenvalue weighted by Crippen LogP contribution is 2.29. The minimum Gasteiger partial charge on any atom is -0.383 e. The van der Waals surface area contributed by atoms with E-state index >= 15 is 0 Å². The molecule has 0 aliphatic carbocycles. The molecule has 32 heavy (non-hydrogen) atoms. The second kappa shape index (κ2) is 12.1. The molecule has 1 aromatic carbocycles. The van der Waals surface area contributed by atoms with Gasteiger partial charge in [0.1, 0.15) is 17.7 Å². The van der Waals surface area contributed by atoms with Crippen LogP contribution in [-0.2, 0) is 35.0 Å². The van der Waals surface area contributed by atoms with Gasteiger partial charge in [0.25, 0.3) is 0 Å². The molecule has 0 radical (unpaired) electrons. The minimum atomic E-state index is -0.972. The van der Waals surface area contributed by atoms with E-state index in [4.69, 9.17) is 14.2 Å². The first kappa shape index (κ1) is 25.9. The highest BCUT2D eigenvalue weighted by molar-refractivity contribution is 5.98. The normalized spacial score (nSPS) is 20.3. The fourth-order valence-corrected chi connectivity index (χ4v) is 3.34. The van der Waals surface area contributed by atoms with Crippen molar-refractivity contribution in [3.8, 4) is 0 Å². The molecule has 9 nitrogen and oxygen atoms in total. The summed E-state index contributed by atoms with van der Waals surface area (Å²) >= 11 is 0. The molecule has 0 aromatic heterocycles. The summed E-state index contributed by atoms with van der Waals surface area (Å²) in [6.45, 7) is 5.96. The largest absolute Gasteiger partial charge is 0.383 e. The molecule has 0 saturated carbocycles. The van der Waals surface area contributed by atoms with E-state index in [0.717, 1.165) is 5.56 Å². The van der Waals surface area contributed by atoms with Crippen LogP contribution < -0.4 is 16.0 Å². The number of rotatable bonds is 14. The fraction of sp³-hybridized carbons (Fsp3) is 0.609. The average molecular weight is 450 g/mol. The molecular weight excluding hydrogens is 414 g/mol. The van der Waals surface area contributed by atoms with Gasteiger partial charge >= 0.3 is 0 Å². The molecule has 2 rings (SSSR count). The van der Waals surface area contributed by atoms with Gasteiger partial charge in [0.2, 0.25) is 11.8 Å². The molecule has 1 saturated heterocycles. The van der Waals surface area contributed by atoms with E-state index in [-0.39, 0.29) is 30.9 Å². The van der Waals surface area contributed by atoms with Crippen molar-refractivity contribution in [3.63, 3.8) is 0 Å². The monoisotopic (exact) mass is 449 g/mol. The molecule has 1 aliphatic heterocycles. The molecule has 0 bridgehead atoms. The molecule has 0 spiro atoms. The zero-order valence-electron chi connectivity index (χ0n) is 19.5. The Kier molecular flexibility index (Phi) is 9.77. The van der Waals surface area contributed by atoms with Crippen LogP contribution in [-0.4, -0.2) is 81.4 Å². The summed E-state index contributed by atoms with van der Waals surface area (Å²) in [7, 11) is 2.94. The lowest BCUT2D eigenvalue weighted by molar-refractivity contribution is -0.134. The van der Waals surface area contributed by atoms with Crippen molar-refractivity contribution < 1.29 is 28.6 Å². The van der Waals surface area contributed by atoms with Crippen LogP contribution in [0.2, 0.25) is 0 Å². The van der Waals surface area contributed by atoms with E-state index in [9.17, 15) is 14.4 Å². The van der Waals surface area contributed by atoms with Gasteiger partial charge < -0.3 is 30.2 Å². The Balaban J connectivity index is 2.12. The first-order valence-electron chi connectivity index (χ1n) is 10.8. The van der Waals surface area contributed by atoms with Crippen LogP contribution in [0.1, 0.15) is 26.3 Å². The van der Waals surface area contributed by atoms with Gasteiger partial charge in [-0.1, -0.05) is 44.2 Å². The second-order valence-electron chi connectivity index (χ2n) is 8.48. The van der Waals surface area contributed by atoms with Gasteiger partial charge in [-0.2, -0.15) is 0 Å². The van der Waals surface area contributed by atoms with Crippen LogP contribution in [0.15, 0.2) is 30.3 Å². The molecule has 178 valence electrons. The second-order valence-corrected chi connectivity index (χ2v) is 8.48.